The molecule has 5 aliphatic heterocycles. The van der Waals surface area contributed by atoms with Gasteiger partial charge in [0.25, 0.3) is 0 Å². The Morgan fingerprint density at radius 1 is 0.760 bits per heavy atom. The van der Waals surface area contributed by atoms with Gasteiger partial charge in [-0.05, 0) is 131 Å². The second kappa shape index (κ2) is 18.8. The van der Waals surface area contributed by atoms with E-state index >= 15 is 0 Å². The van der Waals surface area contributed by atoms with Crippen LogP contribution in [0.15, 0.2) is 11.6 Å². The van der Waals surface area contributed by atoms with E-state index in [1.165, 1.54) is 111 Å². The highest BCUT2D eigenvalue weighted by molar-refractivity contribution is 5.84. The van der Waals surface area contributed by atoms with Gasteiger partial charge in [-0.15, -0.1) is 0 Å². The first kappa shape index (κ1) is 40.1. The van der Waals surface area contributed by atoms with Crippen LogP contribution in [0.3, 0.4) is 0 Å². The summed E-state index contributed by atoms with van der Waals surface area (Å²) in [5.74, 6) is 2.54. The van der Waals surface area contributed by atoms with Gasteiger partial charge in [-0.1, -0.05) is 25.5 Å². The topological polar surface area (TPSA) is 43.0 Å². The number of amides is 1. The number of piperazine rings is 2. The Hall–Kier alpha value is -1.07. The van der Waals surface area contributed by atoms with Crippen molar-refractivity contribution in [2.75, 3.05) is 120 Å². The fraction of sp³-hybridized carbons (Fsp3) is 0.927. The van der Waals surface area contributed by atoms with Gasteiger partial charge < -0.3 is 19.6 Å². The average molecular weight is 699 g/mol. The number of hydrogen-bond donors (Lipinski definition) is 0. The summed E-state index contributed by atoms with van der Waals surface area (Å²) in [6.45, 7) is 28.1. The Morgan fingerprint density at radius 3 is 2.02 bits per heavy atom. The molecule has 9 nitrogen and oxygen atoms in total. The van der Waals surface area contributed by atoms with Crippen molar-refractivity contribution in [1.82, 2.24) is 39.2 Å². The van der Waals surface area contributed by atoms with E-state index in [2.05, 4.69) is 108 Å². The summed E-state index contributed by atoms with van der Waals surface area (Å²) in [6.07, 6.45) is 11.5. The summed E-state index contributed by atoms with van der Waals surface area (Å²) in [4.78, 5) is 33.6. The van der Waals surface area contributed by atoms with Crippen molar-refractivity contribution in [3.8, 4) is 0 Å². The molecule has 5 rings (SSSR count). The van der Waals surface area contributed by atoms with Crippen LogP contribution in [0.5, 0.6) is 0 Å². The quantitative estimate of drug-likeness (QED) is 0.239. The van der Waals surface area contributed by atoms with Gasteiger partial charge in [0.15, 0.2) is 0 Å². The molecule has 288 valence electrons. The third-order valence-electron chi connectivity index (χ3n) is 14.0. The molecule has 50 heavy (non-hydrogen) atoms. The smallest absolute Gasteiger partial charge is 0.240 e. The molecule has 9 heteroatoms. The van der Waals surface area contributed by atoms with Crippen LogP contribution in [-0.2, 0) is 4.79 Å². The molecule has 0 radical (unpaired) electrons. The van der Waals surface area contributed by atoms with Gasteiger partial charge in [0.2, 0.25) is 5.91 Å². The molecular formula is C41H78N8O. The van der Waals surface area contributed by atoms with E-state index in [-0.39, 0.29) is 6.04 Å². The molecule has 0 aromatic heterocycles. The Balaban J connectivity index is 1.29. The molecular weight excluding hydrogens is 621 g/mol. The van der Waals surface area contributed by atoms with Crippen molar-refractivity contribution in [1.29, 1.82) is 0 Å². The van der Waals surface area contributed by atoms with Crippen molar-refractivity contribution in [2.45, 2.75) is 110 Å². The van der Waals surface area contributed by atoms with Gasteiger partial charge in [0, 0.05) is 96.2 Å². The zero-order valence-electron chi connectivity index (χ0n) is 34.0. The summed E-state index contributed by atoms with van der Waals surface area (Å²) in [7, 11) is 9.10. The van der Waals surface area contributed by atoms with E-state index in [1.807, 2.05) is 0 Å². The highest BCUT2D eigenvalue weighted by atomic mass is 16.2. The van der Waals surface area contributed by atoms with Crippen molar-refractivity contribution in [3.63, 3.8) is 0 Å². The van der Waals surface area contributed by atoms with Crippen LogP contribution in [0.25, 0.3) is 0 Å². The van der Waals surface area contributed by atoms with Crippen LogP contribution in [-0.4, -0.2) is 195 Å². The molecule has 4 saturated heterocycles. The van der Waals surface area contributed by atoms with E-state index in [0.29, 0.717) is 36.0 Å². The maximum Gasteiger partial charge on any atom is 0.240 e. The summed E-state index contributed by atoms with van der Waals surface area (Å²) in [6, 6.07) is 2.00. The number of likely N-dealkylation sites (N-methyl/N-ethyl adjacent to an activating group) is 4. The normalized spacial score (nSPS) is 29.2. The molecule has 0 aromatic rings. The van der Waals surface area contributed by atoms with Gasteiger partial charge in [-0.2, -0.15) is 0 Å². The Morgan fingerprint density at radius 2 is 1.40 bits per heavy atom. The maximum atomic E-state index is 13.2. The molecule has 0 saturated carbocycles. The van der Waals surface area contributed by atoms with Crippen LogP contribution in [0.1, 0.15) is 79.6 Å². The van der Waals surface area contributed by atoms with Gasteiger partial charge in [-0.25, -0.2) is 0 Å². The SMILES string of the molecule is CCN1CCN(C(C)CC(CC(CC(C)C2=CC(CN(C)C3CCN(C(C)C)C3=O)N(C)CC2)C2CCN(C)CC2)N2CCN(C)CC2)CC1. The highest BCUT2D eigenvalue weighted by Gasteiger charge is 2.38. The second-order valence-corrected chi connectivity index (χ2v) is 17.7. The number of nitrogens with zero attached hydrogens (tertiary/aromatic N) is 8. The van der Waals surface area contributed by atoms with Crippen molar-refractivity contribution in [3.05, 3.63) is 11.6 Å². The maximum absolute atomic E-state index is 13.2. The zero-order valence-corrected chi connectivity index (χ0v) is 34.0. The Labute approximate surface area is 308 Å². The Bertz CT molecular complexity index is 1060. The molecule has 0 aromatic carbocycles. The summed E-state index contributed by atoms with van der Waals surface area (Å²) >= 11 is 0. The number of carbonyl (C=O) groups is 1. The van der Waals surface area contributed by atoms with E-state index in [4.69, 9.17) is 0 Å². The zero-order chi connectivity index (χ0) is 35.9. The fourth-order valence-corrected chi connectivity index (χ4v) is 10.1. The highest BCUT2D eigenvalue weighted by Crippen LogP contribution is 2.38. The standard InChI is InChI=1S/C41H78N8O/c1-10-46-21-25-47(26-22-46)34(5)28-38(48-23-19-43(7)20-24-48)30-37(35-11-15-42(6)16-12-35)27-33(4)36-13-17-44(8)39(29-36)31-45(9)40-14-18-49(32(2)3)41(40)50/h29,32-35,37-40H,10-28,30-31H2,1-9H3. The number of likely N-dealkylation sites (tertiary alicyclic amines) is 2. The van der Waals surface area contributed by atoms with E-state index in [1.54, 1.807) is 5.57 Å². The molecule has 0 spiro atoms. The monoisotopic (exact) mass is 699 g/mol. The van der Waals surface area contributed by atoms with Gasteiger partial charge in [-0.3, -0.25) is 24.4 Å². The molecule has 5 heterocycles. The lowest BCUT2D eigenvalue weighted by Gasteiger charge is -2.45. The first-order valence-corrected chi connectivity index (χ1v) is 20.9. The largest absolute Gasteiger partial charge is 0.339 e. The summed E-state index contributed by atoms with van der Waals surface area (Å²) < 4.78 is 0. The minimum Gasteiger partial charge on any atom is -0.339 e. The first-order valence-electron chi connectivity index (χ1n) is 20.9. The van der Waals surface area contributed by atoms with Crippen LogP contribution in [0.2, 0.25) is 0 Å². The molecule has 0 N–H and O–H groups in total. The number of rotatable bonds is 15. The number of carbonyl (C=O) groups excluding carboxylic acids is 1. The lowest BCUT2D eigenvalue weighted by atomic mass is 9.73. The molecule has 5 aliphatic rings. The second-order valence-electron chi connectivity index (χ2n) is 17.7. The average Bonchev–Trinajstić information content (AvgIpc) is 3.50. The van der Waals surface area contributed by atoms with E-state index in [0.717, 1.165) is 37.9 Å². The van der Waals surface area contributed by atoms with E-state index in [9.17, 15) is 4.79 Å². The van der Waals surface area contributed by atoms with Crippen molar-refractivity contribution in [2.24, 2.45) is 17.8 Å². The van der Waals surface area contributed by atoms with Crippen LogP contribution < -0.4 is 0 Å². The summed E-state index contributed by atoms with van der Waals surface area (Å²) in [5, 5.41) is 0. The molecule has 1 amide bonds. The predicted octanol–water partition coefficient (Wildman–Crippen LogP) is 3.96. The molecule has 0 bridgehead atoms. The van der Waals surface area contributed by atoms with Crippen LogP contribution in [0, 0.1) is 17.8 Å². The number of piperidine rings is 1. The minimum atomic E-state index is 0.0280. The molecule has 6 atom stereocenters. The first-order chi connectivity index (χ1) is 23.9. The predicted molar refractivity (Wildman–Crippen MR) is 210 cm³/mol. The molecule has 0 aliphatic carbocycles. The minimum absolute atomic E-state index is 0.0280. The van der Waals surface area contributed by atoms with Gasteiger partial charge in [0.05, 0.1) is 6.04 Å². The van der Waals surface area contributed by atoms with Crippen molar-refractivity contribution >= 4 is 5.91 Å². The van der Waals surface area contributed by atoms with Crippen molar-refractivity contribution < 1.29 is 4.79 Å². The number of hydrogen-bond acceptors (Lipinski definition) is 8. The lowest BCUT2D eigenvalue weighted by Crippen LogP contribution is -2.54. The van der Waals surface area contributed by atoms with Gasteiger partial charge in [0.1, 0.15) is 0 Å². The third-order valence-corrected chi connectivity index (χ3v) is 14.0. The summed E-state index contributed by atoms with van der Waals surface area (Å²) in [5.41, 5.74) is 1.68. The van der Waals surface area contributed by atoms with E-state index < -0.39 is 0 Å². The fourth-order valence-electron chi connectivity index (χ4n) is 10.1. The third kappa shape index (κ3) is 10.5. The lowest BCUT2D eigenvalue weighted by molar-refractivity contribution is -0.133. The molecule has 6 unspecified atom stereocenters. The van der Waals surface area contributed by atoms with Crippen LogP contribution >= 0.6 is 0 Å². The Kier molecular flexibility index (Phi) is 15.1. The van der Waals surface area contributed by atoms with Crippen LogP contribution in [0.4, 0.5) is 0 Å². The molecule has 4 fully saturated rings. The van der Waals surface area contributed by atoms with Gasteiger partial charge >= 0.3 is 0 Å².